The van der Waals surface area contributed by atoms with Crippen LogP contribution in [0.1, 0.15) is 50.8 Å². The number of hydrogen-bond acceptors (Lipinski definition) is 2. The van der Waals surface area contributed by atoms with Crippen molar-refractivity contribution in [2.75, 3.05) is 13.6 Å². The number of aliphatic imine (C=N–C) groups is 1. The van der Waals surface area contributed by atoms with E-state index in [9.17, 15) is 0 Å². The first-order valence-corrected chi connectivity index (χ1v) is 9.04. The number of imidazole rings is 1. The molecule has 25 heavy (non-hydrogen) atoms. The molecule has 2 rings (SSSR count). The van der Waals surface area contributed by atoms with Gasteiger partial charge in [-0.15, -0.1) is 24.0 Å². The van der Waals surface area contributed by atoms with E-state index in [4.69, 9.17) is 4.98 Å². The van der Waals surface area contributed by atoms with Crippen molar-refractivity contribution in [3.8, 4) is 0 Å². The van der Waals surface area contributed by atoms with Crippen LogP contribution in [0.25, 0.3) is 5.65 Å². The molecule has 2 aromatic heterocycles. The quantitative estimate of drug-likeness (QED) is 0.273. The zero-order chi connectivity index (χ0) is 17.4. The second-order valence-corrected chi connectivity index (χ2v) is 6.44. The molecule has 5 nitrogen and oxygen atoms in total. The highest BCUT2D eigenvalue weighted by Crippen LogP contribution is 2.10. The zero-order valence-electron chi connectivity index (χ0n) is 15.9. The van der Waals surface area contributed by atoms with Crippen LogP contribution in [0, 0.1) is 6.92 Å². The summed E-state index contributed by atoms with van der Waals surface area (Å²) in [6.45, 7) is 7.37. The van der Waals surface area contributed by atoms with Crippen LogP contribution in [0.15, 0.2) is 29.5 Å². The third-order valence-corrected chi connectivity index (χ3v) is 4.25. The van der Waals surface area contributed by atoms with Gasteiger partial charge in [0.2, 0.25) is 0 Å². The van der Waals surface area contributed by atoms with E-state index in [-0.39, 0.29) is 24.0 Å². The fraction of sp³-hybridized carbons (Fsp3) is 0.579. The van der Waals surface area contributed by atoms with Crippen LogP contribution in [0.3, 0.4) is 0 Å². The van der Waals surface area contributed by atoms with E-state index in [1.807, 2.05) is 13.2 Å². The van der Waals surface area contributed by atoms with Crippen LogP contribution in [-0.4, -0.2) is 35.0 Å². The highest BCUT2D eigenvalue weighted by atomic mass is 127. The van der Waals surface area contributed by atoms with Crippen molar-refractivity contribution in [1.82, 2.24) is 20.0 Å². The number of hydrogen-bond donors (Lipinski definition) is 2. The Hall–Kier alpha value is -1.31. The number of aromatic nitrogens is 2. The number of guanidine groups is 1. The molecule has 1 atom stereocenters. The number of aryl methyl sites for hydroxylation is 1. The molecule has 2 aromatic rings. The summed E-state index contributed by atoms with van der Waals surface area (Å²) in [6.07, 6.45) is 10.0. The highest BCUT2D eigenvalue weighted by Gasteiger charge is 2.06. The molecule has 0 aliphatic heterocycles. The SMILES string of the molecule is CCCCCC(C)NC(=NC)NCCc1cn2cccc(C)c2n1.I. The number of pyridine rings is 1. The Morgan fingerprint density at radius 2 is 2.16 bits per heavy atom. The molecule has 0 bridgehead atoms. The summed E-state index contributed by atoms with van der Waals surface area (Å²) >= 11 is 0. The lowest BCUT2D eigenvalue weighted by atomic mass is 10.1. The molecule has 2 N–H and O–H groups in total. The van der Waals surface area contributed by atoms with Crippen molar-refractivity contribution < 1.29 is 0 Å². The van der Waals surface area contributed by atoms with Gasteiger partial charge in [0.25, 0.3) is 0 Å². The highest BCUT2D eigenvalue weighted by molar-refractivity contribution is 14.0. The lowest BCUT2D eigenvalue weighted by Crippen LogP contribution is -2.42. The van der Waals surface area contributed by atoms with Crippen LogP contribution < -0.4 is 10.6 Å². The van der Waals surface area contributed by atoms with Gasteiger partial charge in [0.1, 0.15) is 5.65 Å². The molecule has 0 aromatic carbocycles. The maximum absolute atomic E-state index is 4.71. The number of nitrogens with zero attached hydrogens (tertiary/aromatic N) is 3. The van der Waals surface area contributed by atoms with Crippen molar-refractivity contribution in [3.63, 3.8) is 0 Å². The second-order valence-electron chi connectivity index (χ2n) is 6.44. The van der Waals surface area contributed by atoms with E-state index < -0.39 is 0 Å². The van der Waals surface area contributed by atoms with Gasteiger partial charge >= 0.3 is 0 Å². The van der Waals surface area contributed by atoms with Gasteiger partial charge in [-0.25, -0.2) is 4.98 Å². The molecular weight excluding hydrogens is 425 g/mol. The Labute approximate surface area is 168 Å². The molecule has 0 spiro atoms. The smallest absolute Gasteiger partial charge is 0.191 e. The summed E-state index contributed by atoms with van der Waals surface area (Å²) in [7, 11) is 1.82. The lowest BCUT2D eigenvalue weighted by Gasteiger charge is -2.17. The van der Waals surface area contributed by atoms with Crippen LogP contribution in [0.2, 0.25) is 0 Å². The minimum atomic E-state index is 0. The van der Waals surface area contributed by atoms with Gasteiger partial charge in [-0.05, 0) is 31.9 Å². The first-order chi connectivity index (χ1) is 11.6. The minimum absolute atomic E-state index is 0. The predicted molar refractivity (Wildman–Crippen MR) is 117 cm³/mol. The third kappa shape index (κ3) is 6.84. The Kier molecular flexibility index (Phi) is 9.85. The molecule has 6 heteroatoms. The number of nitrogens with one attached hydrogen (secondary N) is 2. The molecule has 0 radical (unpaired) electrons. The monoisotopic (exact) mass is 457 g/mol. The maximum Gasteiger partial charge on any atom is 0.191 e. The molecule has 0 aliphatic rings. The van der Waals surface area contributed by atoms with Gasteiger partial charge in [-0.3, -0.25) is 4.99 Å². The number of fused-ring (bicyclic) bond motifs is 1. The van der Waals surface area contributed by atoms with E-state index >= 15 is 0 Å². The summed E-state index contributed by atoms with van der Waals surface area (Å²) in [5.74, 6) is 0.874. The third-order valence-electron chi connectivity index (χ3n) is 4.25. The standard InChI is InChI=1S/C19H31N5.HI/c1-5-6-7-10-16(3)22-19(20-4)21-12-11-17-14-24-13-8-9-15(2)18(24)23-17;/h8-9,13-14,16H,5-7,10-12H2,1-4H3,(H2,20,21,22);1H. The van der Waals surface area contributed by atoms with E-state index in [0.29, 0.717) is 6.04 Å². The largest absolute Gasteiger partial charge is 0.356 e. The van der Waals surface area contributed by atoms with Crippen LogP contribution >= 0.6 is 24.0 Å². The Morgan fingerprint density at radius 3 is 2.84 bits per heavy atom. The van der Waals surface area contributed by atoms with Gasteiger partial charge in [-0.2, -0.15) is 0 Å². The summed E-state index contributed by atoms with van der Waals surface area (Å²) in [6, 6.07) is 4.59. The molecule has 0 amide bonds. The molecule has 140 valence electrons. The van der Waals surface area contributed by atoms with Crippen molar-refractivity contribution in [2.24, 2.45) is 4.99 Å². The summed E-state index contributed by atoms with van der Waals surface area (Å²) in [4.78, 5) is 9.02. The Bertz CT molecular complexity index is 665. The average Bonchev–Trinajstić information content (AvgIpc) is 2.98. The van der Waals surface area contributed by atoms with Crippen LogP contribution in [0.5, 0.6) is 0 Å². The van der Waals surface area contributed by atoms with Gasteiger partial charge in [0.05, 0.1) is 5.69 Å². The molecule has 0 saturated carbocycles. The molecule has 0 aliphatic carbocycles. The first kappa shape index (κ1) is 21.7. The molecule has 0 fully saturated rings. The van der Waals surface area contributed by atoms with E-state index in [2.05, 4.69) is 59.1 Å². The molecule has 1 unspecified atom stereocenters. The van der Waals surface area contributed by atoms with Gasteiger partial charge in [0, 0.05) is 38.4 Å². The summed E-state index contributed by atoms with van der Waals surface area (Å²) in [5.41, 5.74) is 3.35. The number of halogens is 1. The molecular formula is C19H32IN5. The van der Waals surface area contributed by atoms with Crippen molar-refractivity contribution in [1.29, 1.82) is 0 Å². The predicted octanol–water partition coefficient (Wildman–Crippen LogP) is 3.94. The fourth-order valence-corrected chi connectivity index (χ4v) is 2.83. The topological polar surface area (TPSA) is 53.7 Å². The maximum atomic E-state index is 4.71. The van der Waals surface area contributed by atoms with E-state index in [1.165, 1.54) is 31.2 Å². The number of unbranched alkanes of at least 4 members (excludes halogenated alkanes) is 2. The van der Waals surface area contributed by atoms with Gasteiger partial charge < -0.3 is 15.0 Å². The van der Waals surface area contributed by atoms with Crippen molar-refractivity contribution in [3.05, 3.63) is 35.8 Å². The second kappa shape index (κ2) is 11.3. The van der Waals surface area contributed by atoms with Gasteiger partial charge in [-0.1, -0.05) is 32.3 Å². The van der Waals surface area contributed by atoms with E-state index in [0.717, 1.165) is 30.3 Å². The zero-order valence-corrected chi connectivity index (χ0v) is 18.2. The number of rotatable bonds is 8. The fourth-order valence-electron chi connectivity index (χ4n) is 2.83. The molecule has 2 heterocycles. The van der Waals surface area contributed by atoms with Crippen LogP contribution in [0.4, 0.5) is 0 Å². The van der Waals surface area contributed by atoms with Gasteiger partial charge in [0.15, 0.2) is 5.96 Å². The van der Waals surface area contributed by atoms with Crippen LogP contribution in [-0.2, 0) is 6.42 Å². The summed E-state index contributed by atoms with van der Waals surface area (Å²) < 4.78 is 2.09. The normalized spacial score (nSPS) is 12.7. The van der Waals surface area contributed by atoms with Crippen molar-refractivity contribution >= 4 is 35.6 Å². The lowest BCUT2D eigenvalue weighted by molar-refractivity contribution is 0.547. The molecule has 0 saturated heterocycles. The van der Waals surface area contributed by atoms with Crippen molar-refractivity contribution in [2.45, 2.75) is 58.9 Å². The Morgan fingerprint density at radius 1 is 1.36 bits per heavy atom. The Balaban J connectivity index is 0.00000312. The average molecular weight is 457 g/mol. The first-order valence-electron chi connectivity index (χ1n) is 9.04. The summed E-state index contributed by atoms with van der Waals surface area (Å²) in [5, 5.41) is 6.85. The minimum Gasteiger partial charge on any atom is -0.356 e. The van der Waals surface area contributed by atoms with E-state index in [1.54, 1.807) is 0 Å².